The van der Waals surface area contributed by atoms with Gasteiger partial charge in [0.2, 0.25) is 5.91 Å². The van der Waals surface area contributed by atoms with Crippen molar-refractivity contribution in [1.29, 1.82) is 0 Å². The number of rotatable bonds is 5. The summed E-state index contributed by atoms with van der Waals surface area (Å²) in [4.78, 5) is 10.4. The maximum Gasteiger partial charge on any atom is 0.238 e. The summed E-state index contributed by atoms with van der Waals surface area (Å²) in [5.41, 5.74) is 9.36. The van der Waals surface area contributed by atoms with Crippen molar-refractivity contribution in [3.05, 3.63) is 35.4 Å². The van der Waals surface area contributed by atoms with Crippen molar-refractivity contribution in [2.24, 2.45) is 0 Å². The van der Waals surface area contributed by atoms with Crippen molar-refractivity contribution >= 4 is 5.91 Å². The van der Waals surface area contributed by atoms with Gasteiger partial charge in [0.05, 0.1) is 0 Å². The molecule has 0 fully saturated rings. The third kappa shape index (κ3) is 3.60. The molecule has 1 aromatic rings. The molecule has 0 aromatic heterocycles. The van der Waals surface area contributed by atoms with Crippen molar-refractivity contribution in [3.8, 4) is 0 Å². The highest BCUT2D eigenvalue weighted by Crippen LogP contribution is 2.08. The molecule has 0 heterocycles. The summed E-state index contributed by atoms with van der Waals surface area (Å²) < 4.78 is 0. The van der Waals surface area contributed by atoms with Gasteiger partial charge in [-0.3, -0.25) is 10.5 Å². The van der Waals surface area contributed by atoms with Gasteiger partial charge in [0, 0.05) is 6.42 Å². The zero-order valence-corrected chi connectivity index (χ0v) is 8.55. The van der Waals surface area contributed by atoms with E-state index >= 15 is 0 Å². The molecule has 75 valence electrons. The molecular formula is C12H16NO. The van der Waals surface area contributed by atoms with Crippen LogP contribution >= 0.6 is 0 Å². The van der Waals surface area contributed by atoms with Crippen LogP contribution in [-0.4, -0.2) is 5.91 Å². The van der Waals surface area contributed by atoms with Gasteiger partial charge in [-0.1, -0.05) is 31.2 Å². The zero-order valence-electron chi connectivity index (χ0n) is 8.55. The van der Waals surface area contributed by atoms with Gasteiger partial charge in [-0.15, -0.1) is 0 Å². The summed E-state index contributed by atoms with van der Waals surface area (Å²) in [6, 6.07) is 8.45. The highest BCUT2D eigenvalue weighted by molar-refractivity contribution is 5.72. The van der Waals surface area contributed by atoms with Crippen LogP contribution in [0.3, 0.4) is 0 Å². The molecule has 0 bridgehead atoms. The van der Waals surface area contributed by atoms with E-state index in [0.717, 1.165) is 19.3 Å². The predicted molar refractivity (Wildman–Crippen MR) is 56.9 cm³/mol. The molecule has 0 saturated heterocycles. The lowest BCUT2D eigenvalue weighted by Gasteiger charge is -2.01. The zero-order chi connectivity index (χ0) is 10.4. The Morgan fingerprint density at radius 1 is 1.21 bits per heavy atom. The lowest BCUT2D eigenvalue weighted by Crippen LogP contribution is -1.98. The smallest absolute Gasteiger partial charge is 0.238 e. The summed E-state index contributed by atoms with van der Waals surface area (Å²) in [6.07, 6.45) is 3.11. The number of benzene rings is 1. The molecule has 0 aliphatic rings. The van der Waals surface area contributed by atoms with Crippen LogP contribution in [-0.2, 0) is 17.6 Å². The number of carbonyl (C=O) groups is 1. The van der Waals surface area contributed by atoms with Crippen LogP contribution in [0.4, 0.5) is 0 Å². The van der Waals surface area contributed by atoms with Crippen LogP contribution in [0, 0.1) is 0 Å². The summed E-state index contributed by atoms with van der Waals surface area (Å²) >= 11 is 0. The Balaban J connectivity index is 2.40. The van der Waals surface area contributed by atoms with E-state index in [0.29, 0.717) is 6.42 Å². The molecule has 0 spiro atoms. The molecule has 1 rings (SSSR count). The van der Waals surface area contributed by atoms with E-state index in [1.165, 1.54) is 11.1 Å². The molecule has 0 unspecified atom stereocenters. The topological polar surface area (TPSA) is 40.9 Å². The number of carbonyl (C=O) groups excluding carboxylic acids is 1. The van der Waals surface area contributed by atoms with Gasteiger partial charge in [0.15, 0.2) is 0 Å². The van der Waals surface area contributed by atoms with Gasteiger partial charge >= 0.3 is 0 Å². The monoisotopic (exact) mass is 190 g/mol. The fourth-order valence-electron chi connectivity index (χ4n) is 1.39. The third-order valence-electron chi connectivity index (χ3n) is 2.30. The largest absolute Gasteiger partial charge is 0.273 e. The Morgan fingerprint density at radius 2 is 1.79 bits per heavy atom. The first kappa shape index (κ1) is 10.8. The van der Waals surface area contributed by atoms with Gasteiger partial charge in [0.1, 0.15) is 0 Å². The van der Waals surface area contributed by atoms with E-state index in [9.17, 15) is 4.79 Å². The molecule has 0 saturated carbocycles. The first-order chi connectivity index (χ1) is 6.72. The maximum absolute atomic E-state index is 10.4. The minimum atomic E-state index is -0.463. The summed E-state index contributed by atoms with van der Waals surface area (Å²) in [7, 11) is 0. The molecule has 2 nitrogen and oxygen atoms in total. The first-order valence-corrected chi connectivity index (χ1v) is 5.04. The Kier molecular flexibility index (Phi) is 4.17. The van der Waals surface area contributed by atoms with Crippen molar-refractivity contribution in [2.45, 2.75) is 32.6 Å². The second-order valence-corrected chi connectivity index (χ2v) is 3.45. The van der Waals surface area contributed by atoms with Crippen LogP contribution in [0.25, 0.3) is 0 Å². The number of aryl methyl sites for hydroxylation is 2. The quantitative estimate of drug-likeness (QED) is 0.702. The average Bonchev–Trinajstić information content (AvgIpc) is 2.18. The van der Waals surface area contributed by atoms with Crippen molar-refractivity contribution in [3.63, 3.8) is 0 Å². The normalized spacial score (nSPS) is 10.1. The lowest BCUT2D eigenvalue weighted by atomic mass is 10.1. The number of amides is 1. The molecule has 1 aromatic carbocycles. The molecular weight excluding hydrogens is 174 g/mol. The fourth-order valence-corrected chi connectivity index (χ4v) is 1.39. The van der Waals surface area contributed by atoms with Crippen LogP contribution in [0.1, 0.15) is 30.9 Å². The molecule has 1 amide bonds. The molecule has 2 heteroatoms. The maximum atomic E-state index is 10.4. The van der Waals surface area contributed by atoms with Crippen LogP contribution in [0.15, 0.2) is 24.3 Å². The predicted octanol–water partition coefficient (Wildman–Crippen LogP) is 2.38. The van der Waals surface area contributed by atoms with E-state index in [1.807, 2.05) is 0 Å². The molecule has 0 atom stereocenters. The first-order valence-electron chi connectivity index (χ1n) is 5.04. The second-order valence-electron chi connectivity index (χ2n) is 3.45. The minimum Gasteiger partial charge on any atom is -0.273 e. The Hall–Kier alpha value is -1.31. The lowest BCUT2D eigenvalue weighted by molar-refractivity contribution is -0.118. The van der Waals surface area contributed by atoms with Gasteiger partial charge in [-0.2, -0.15) is 0 Å². The third-order valence-corrected chi connectivity index (χ3v) is 2.30. The van der Waals surface area contributed by atoms with E-state index in [-0.39, 0.29) is 0 Å². The average molecular weight is 190 g/mol. The van der Waals surface area contributed by atoms with E-state index < -0.39 is 5.91 Å². The van der Waals surface area contributed by atoms with Gasteiger partial charge in [-0.05, 0) is 30.4 Å². The minimum absolute atomic E-state index is 0.371. The van der Waals surface area contributed by atoms with Crippen LogP contribution in [0.5, 0.6) is 0 Å². The molecule has 0 aliphatic carbocycles. The van der Waals surface area contributed by atoms with Crippen molar-refractivity contribution < 1.29 is 4.79 Å². The van der Waals surface area contributed by atoms with E-state index in [1.54, 1.807) is 0 Å². The molecule has 1 radical (unpaired) electrons. The Morgan fingerprint density at radius 3 is 2.29 bits per heavy atom. The van der Waals surface area contributed by atoms with Crippen LogP contribution < -0.4 is 5.73 Å². The fraction of sp³-hybridized carbons (Fsp3) is 0.417. The molecule has 1 N–H and O–H groups in total. The van der Waals surface area contributed by atoms with Crippen LogP contribution in [0.2, 0.25) is 0 Å². The van der Waals surface area contributed by atoms with Crippen molar-refractivity contribution in [1.82, 2.24) is 5.73 Å². The molecule has 0 aliphatic heterocycles. The van der Waals surface area contributed by atoms with E-state index in [4.69, 9.17) is 5.73 Å². The standard InChI is InChI=1S/C12H16NO/c1-2-10-6-8-11(9-7-10)4-3-5-12(13)14/h6-9,13H,2-5H2,1H3. The highest BCUT2D eigenvalue weighted by atomic mass is 16.1. The Bertz CT molecular complexity index is 290. The summed E-state index contributed by atoms with van der Waals surface area (Å²) in [5, 5.41) is 0. The van der Waals surface area contributed by atoms with Crippen molar-refractivity contribution in [2.75, 3.05) is 0 Å². The van der Waals surface area contributed by atoms with Gasteiger partial charge in [-0.25, -0.2) is 0 Å². The van der Waals surface area contributed by atoms with Gasteiger partial charge in [0.25, 0.3) is 0 Å². The number of hydrogen-bond acceptors (Lipinski definition) is 1. The number of nitrogens with one attached hydrogen (secondary N) is 1. The molecule has 14 heavy (non-hydrogen) atoms. The van der Waals surface area contributed by atoms with Gasteiger partial charge < -0.3 is 0 Å². The SMILES string of the molecule is CCc1ccc(CCCC([NH])=O)cc1. The van der Waals surface area contributed by atoms with E-state index in [2.05, 4.69) is 31.2 Å². The summed E-state index contributed by atoms with van der Waals surface area (Å²) in [5.74, 6) is -0.463. The second kappa shape index (κ2) is 5.43. The Labute approximate surface area is 85.1 Å². The highest BCUT2D eigenvalue weighted by Gasteiger charge is 1.97. The number of hydrogen-bond donors (Lipinski definition) is 0. The summed E-state index contributed by atoms with van der Waals surface area (Å²) in [6.45, 7) is 2.13.